The quantitative estimate of drug-likeness (QED) is 0.161. The Kier molecular flexibility index (Phi) is 6.85. The topological polar surface area (TPSA) is 75.4 Å². The molecule has 6 aromatic rings. The summed E-state index contributed by atoms with van der Waals surface area (Å²) in [6, 6.07) is 33.7. The van der Waals surface area contributed by atoms with E-state index in [-0.39, 0.29) is 10.8 Å². The van der Waals surface area contributed by atoms with Gasteiger partial charge in [-0.1, -0.05) is 48.5 Å². The molecule has 8 nitrogen and oxygen atoms in total. The van der Waals surface area contributed by atoms with Gasteiger partial charge in [0, 0.05) is 59.8 Å². The maximum absolute atomic E-state index is 7.12. The number of hydrogen-bond acceptors (Lipinski definition) is 8. The largest absolute Gasteiger partial charge is 0.459 e. The van der Waals surface area contributed by atoms with Gasteiger partial charge in [-0.3, -0.25) is 20.0 Å². The van der Waals surface area contributed by atoms with Crippen LogP contribution in [0.25, 0.3) is 21.8 Å². The van der Waals surface area contributed by atoms with Crippen molar-refractivity contribution >= 4 is 57.0 Å². The number of anilines is 2. The predicted molar refractivity (Wildman–Crippen MR) is 214 cm³/mol. The lowest BCUT2D eigenvalue weighted by atomic mass is 9.77. The average molecular weight is 699 g/mol. The van der Waals surface area contributed by atoms with Crippen LogP contribution in [0.15, 0.2) is 119 Å². The summed E-state index contributed by atoms with van der Waals surface area (Å²) in [6.07, 6.45) is 10.7. The summed E-state index contributed by atoms with van der Waals surface area (Å²) >= 11 is 0. The molecule has 10 rings (SSSR count). The van der Waals surface area contributed by atoms with E-state index in [1.165, 1.54) is 22.5 Å². The van der Waals surface area contributed by atoms with Crippen molar-refractivity contribution < 1.29 is 9.47 Å². The lowest BCUT2D eigenvalue weighted by Crippen LogP contribution is -2.62. The Morgan fingerprint density at radius 2 is 0.981 bits per heavy atom. The van der Waals surface area contributed by atoms with Crippen molar-refractivity contribution in [3.8, 4) is 11.5 Å². The van der Waals surface area contributed by atoms with Gasteiger partial charge in [-0.05, 0) is 94.5 Å². The van der Waals surface area contributed by atoms with Gasteiger partial charge >= 0.3 is 0 Å². The normalized spacial score (nSPS) is 22.5. The third kappa shape index (κ3) is 4.47. The average Bonchev–Trinajstić information content (AvgIpc) is 3.46. The monoisotopic (exact) mass is 698 g/mol. The van der Waals surface area contributed by atoms with E-state index in [1.807, 2.05) is 49.1 Å². The third-order valence-corrected chi connectivity index (χ3v) is 12.2. The number of nitrogens with zero attached hydrogens (tertiary/aromatic N) is 6. The molecule has 4 aromatic carbocycles. The molecule has 0 N–H and O–H groups in total. The lowest BCUT2D eigenvalue weighted by Gasteiger charge is -2.46. The number of fused-ring (bicyclic) bond motifs is 6. The maximum Gasteiger partial charge on any atom is 0.228 e. The van der Waals surface area contributed by atoms with Crippen molar-refractivity contribution in [3.05, 3.63) is 121 Å². The van der Waals surface area contributed by atoms with Gasteiger partial charge in [0.1, 0.15) is 11.4 Å². The van der Waals surface area contributed by atoms with Crippen LogP contribution in [0.1, 0.15) is 58.1 Å². The Hall–Kier alpha value is -5.76. The van der Waals surface area contributed by atoms with E-state index in [0.717, 1.165) is 77.0 Å². The Labute approximate surface area is 309 Å². The van der Waals surface area contributed by atoms with Crippen molar-refractivity contribution in [2.75, 3.05) is 22.9 Å². The predicted octanol–water partition coefficient (Wildman–Crippen LogP) is 9.83. The van der Waals surface area contributed by atoms with Gasteiger partial charge < -0.3 is 19.3 Å². The molecule has 0 saturated heterocycles. The molecule has 8 heteroatoms. The number of benzene rings is 4. The number of ether oxygens (including phenoxy) is 2. The van der Waals surface area contributed by atoms with E-state index in [0.29, 0.717) is 0 Å². The van der Waals surface area contributed by atoms with Crippen LogP contribution < -0.4 is 19.3 Å². The van der Waals surface area contributed by atoms with Crippen LogP contribution >= 0.6 is 0 Å². The molecular weight excluding hydrogens is 657 g/mol. The Morgan fingerprint density at radius 3 is 1.45 bits per heavy atom. The van der Waals surface area contributed by atoms with E-state index < -0.39 is 11.4 Å². The van der Waals surface area contributed by atoms with Gasteiger partial charge in [-0.2, -0.15) is 0 Å². The Morgan fingerprint density at radius 1 is 0.528 bits per heavy atom. The second-order valence-electron chi connectivity index (χ2n) is 15.8. The third-order valence-electron chi connectivity index (χ3n) is 12.2. The van der Waals surface area contributed by atoms with Crippen LogP contribution in [0.5, 0.6) is 11.5 Å². The number of unbranched alkanes of at least 4 members (excludes halogenated alkanes) is 2. The SMILES string of the molecule is CC1(C)c2ccccc2N(CCCCCN2c3ccccc3C(C)(C)C23C=Nc2cc4cccnc4cc2O3)C12C=Nc1cc3cccnc3cc1O2. The molecule has 4 aliphatic heterocycles. The first-order chi connectivity index (χ1) is 25.7. The van der Waals surface area contributed by atoms with Crippen LogP contribution in [0.3, 0.4) is 0 Å². The minimum atomic E-state index is -0.771. The molecule has 0 fully saturated rings. The number of pyridine rings is 2. The molecule has 2 unspecified atom stereocenters. The van der Waals surface area contributed by atoms with Crippen molar-refractivity contribution in [3.63, 3.8) is 0 Å². The Bertz CT molecular complexity index is 2330. The highest BCUT2D eigenvalue weighted by Gasteiger charge is 2.61. The molecule has 4 aliphatic rings. The van der Waals surface area contributed by atoms with Crippen LogP contribution in [-0.4, -0.2) is 46.9 Å². The van der Waals surface area contributed by atoms with Crippen LogP contribution in [0, 0.1) is 0 Å². The number of aromatic nitrogens is 2. The molecule has 53 heavy (non-hydrogen) atoms. The number of rotatable bonds is 6. The summed E-state index contributed by atoms with van der Waals surface area (Å²) in [5.74, 6) is 1.54. The van der Waals surface area contributed by atoms with Crippen LogP contribution in [0.4, 0.5) is 22.7 Å². The minimum Gasteiger partial charge on any atom is -0.459 e. The second kappa shape index (κ2) is 11.4. The fourth-order valence-electron chi connectivity index (χ4n) is 9.26. The zero-order valence-corrected chi connectivity index (χ0v) is 30.6. The van der Waals surface area contributed by atoms with Crippen LogP contribution in [-0.2, 0) is 10.8 Å². The highest BCUT2D eigenvalue weighted by Crippen LogP contribution is 2.56. The van der Waals surface area contributed by atoms with E-state index in [9.17, 15) is 0 Å². The van der Waals surface area contributed by atoms with E-state index >= 15 is 0 Å². The Balaban J connectivity index is 0.919. The molecule has 2 atom stereocenters. The van der Waals surface area contributed by atoms with Gasteiger partial charge in [0.25, 0.3) is 0 Å². The molecule has 2 spiro atoms. The second-order valence-corrected chi connectivity index (χ2v) is 15.8. The number of hydrogen-bond donors (Lipinski definition) is 0. The molecule has 0 bridgehead atoms. The standard InChI is InChI=1S/C45H42N6O2/c1-42(2)32-16-6-8-18-38(32)50(44(42)28-48-36-24-30-14-12-20-46-34(30)26-40(36)52-44)22-10-5-11-23-51-39-19-9-7-17-33(39)43(3,4)45(51)29-49-37-25-31-15-13-21-47-35(31)27-41(37)53-45/h6-9,12-21,24-29H,5,10-11,22-23H2,1-4H3. The molecular formula is C45H42N6O2. The molecule has 6 heterocycles. The highest BCUT2D eigenvalue weighted by molar-refractivity contribution is 5.93. The van der Waals surface area contributed by atoms with E-state index in [2.05, 4.69) is 120 Å². The fourth-order valence-corrected chi connectivity index (χ4v) is 9.26. The highest BCUT2D eigenvalue weighted by atomic mass is 16.5. The van der Waals surface area contributed by atoms with Crippen molar-refractivity contribution in [2.24, 2.45) is 9.98 Å². The first-order valence-corrected chi connectivity index (χ1v) is 18.7. The molecule has 264 valence electrons. The fraction of sp³-hybridized carbons (Fsp3) is 0.289. The van der Waals surface area contributed by atoms with Gasteiger partial charge in [0.05, 0.1) is 34.3 Å². The first kappa shape index (κ1) is 31.9. The molecule has 0 aliphatic carbocycles. The van der Waals surface area contributed by atoms with Crippen molar-refractivity contribution in [2.45, 2.75) is 69.2 Å². The van der Waals surface area contributed by atoms with Crippen molar-refractivity contribution in [1.29, 1.82) is 0 Å². The van der Waals surface area contributed by atoms with Gasteiger partial charge in [0.2, 0.25) is 11.4 Å². The molecule has 0 amide bonds. The first-order valence-electron chi connectivity index (χ1n) is 18.7. The van der Waals surface area contributed by atoms with E-state index in [4.69, 9.17) is 19.5 Å². The summed E-state index contributed by atoms with van der Waals surface area (Å²) in [5, 5.41) is 2.11. The minimum absolute atomic E-state index is 0.351. The molecule has 2 aromatic heterocycles. The summed E-state index contributed by atoms with van der Waals surface area (Å²) in [5.41, 5.74) is 6.18. The van der Waals surface area contributed by atoms with Gasteiger partial charge in [0.15, 0.2) is 11.5 Å². The summed E-state index contributed by atoms with van der Waals surface area (Å²) in [7, 11) is 0. The zero-order chi connectivity index (χ0) is 36.0. The van der Waals surface area contributed by atoms with Crippen molar-refractivity contribution in [1.82, 2.24) is 9.97 Å². The summed E-state index contributed by atoms with van der Waals surface area (Å²) in [4.78, 5) is 24.2. The zero-order valence-electron chi connectivity index (χ0n) is 30.6. The lowest BCUT2D eigenvalue weighted by molar-refractivity contribution is 0.0761. The molecule has 0 saturated carbocycles. The van der Waals surface area contributed by atoms with E-state index in [1.54, 1.807) is 0 Å². The maximum atomic E-state index is 7.12. The van der Waals surface area contributed by atoms with Gasteiger partial charge in [-0.25, -0.2) is 0 Å². The van der Waals surface area contributed by atoms with Gasteiger partial charge in [-0.15, -0.1) is 0 Å². The molecule has 0 radical (unpaired) electrons. The number of para-hydroxylation sites is 2. The summed E-state index contributed by atoms with van der Waals surface area (Å²) in [6.45, 7) is 10.8. The smallest absolute Gasteiger partial charge is 0.228 e. The summed E-state index contributed by atoms with van der Waals surface area (Å²) < 4.78 is 14.2. The van der Waals surface area contributed by atoms with Crippen LogP contribution in [0.2, 0.25) is 0 Å². The number of aliphatic imine (C=N–C) groups is 2.